The van der Waals surface area contributed by atoms with Crippen LogP contribution in [-0.4, -0.2) is 4.98 Å². The van der Waals surface area contributed by atoms with Crippen LogP contribution in [-0.2, 0) is 0 Å². The minimum Gasteiger partial charge on any atom is -0.355 e. The minimum atomic E-state index is 0.366. The van der Waals surface area contributed by atoms with E-state index in [1.807, 2.05) is 0 Å². The van der Waals surface area contributed by atoms with Crippen LogP contribution in [0.4, 0.5) is 0 Å². The predicted molar refractivity (Wildman–Crippen MR) is 134 cm³/mol. The summed E-state index contributed by atoms with van der Waals surface area (Å²) in [7, 11) is 0. The van der Waals surface area contributed by atoms with E-state index in [0.717, 1.165) is 6.42 Å². The van der Waals surface area contributed by atoms with Gasteiger partial charge in [0.15, 0.2) is 0 Å². The lowest BCUT2D eigenvalue weighted by atomic mass is 9.81. The molecule has 1 atom stereocenters. The normalized spacial score (nSPS) is 15.2. The van der Waals surface area contributed by atoms with E-state index < -0.39 is 0 Å². The Labute approximate surface area is 185 Å². The van der Waals surface area contributed by atoms with Crippen LogP contribution < -0.4 is 0 Å². The summed E-state index contributed by atoms with van der Waals surface area (Å²) in [5, 5.41) is 1.34. The highest BCUT2D eigenvalue weighted by atomic mass is 14.7. The van der Waals surface area contributed by atoms with Crippen LogP contribution in [0.1, 0.15) is 65.3 Å². The Morgan fingerprint density at radius 1 is 0.839 bits per heavy atom. The molecule has 1 unspecified atom stereocenters. The van der Waals surface area contributed by atoms with Gasteiger partial charge in [0.05, 0.1) is 0 Å². The average molecular weight is 404 g/mol. The van der Waals surface area contributed by atoms with Crippen molar-refractivity contribution in [1.29, 1.82) is 0 Å². The summed E-state index contributed by atoms with van der Waals surface area (Å²) in [6, 6.07) is 24.5. The number of aromatic amines is 1. The Morgan fingerprint density at radius 2 is 1.58 bits per heavy atom. The van der Waals surface area contributed by atoms with E-state index in [4.69, 9.17) is 0 Å². The first-order valence-corrected chi connectivity index (χ1v) is 11.2. The Hall–Kier alpha value is -3.32. The first kappa shape index (κ1) is 19.6. The average Bonchev–Trinajstić information content (AvgIpc) is 3.15. The van der Waals surface area contributed by atoms with Gasteiger partial charge in [-0.25, -0.2) is 0 Å². The molecule has 1 aliphatic carbocycles. The molecule has 0 fully saturated rings. The van der Waals surface area contributed by atoms with Crippen LogP contribution in [0.5, 0.6) is 0 Å². The van der Waals surface area contributed by atoms with Crippen molar-refractivity contribution in [2.45, 2.75) is 40.0 Å². The molecular weight excluding hydrogens is 374 g/mol. The minimum absolute atomic E-state index is 0.366. The van der Waals surface area contributed by atoms with E-state index in [0.29, 0.717) is 5.92 Å². The van der Waals surface area contributed by atoms with Crippen LogP contribution in [0.3, 0.4) is 0 Å². The Morgan fingerprint density at radius 3 is 2.39 bits per heavy atom. The number of allylic oxidation sites excluding steroid dienone is 2. The predicted octanol–water partition coefficient (Wildman–Crippen LogP) is 8.18. The highest BCUT2D eigenvalue weighted by molar-refractivity contribution is 5.89. The molecule has 0 bridgehead atoms. The first-order chi connectivity index (χ1) is 15.0. The number of nitrogens with one attached hydrogen (secondary N) is 1. The maximum atomic E-state index is 3.62. The van der Waals surface area contributed by atoms with E-state index >= 15 is 0 Å². The van der Waals surface area contributed by atoms with Gasteiger partial charge in [0.25, 0.3) is 0 Å². The summed E-state index contributed by atoms with van der Waals surface area (Å²) in [6.45, 7) is 8.91. The Kier molecular flexibility index (Phi) is 4.90. The van der Waals surface area contributed by atoms with Crippen LogP contribution in [0.2, 0.25) is 0 Å². The second-order valence-corrected chi connectivity index (χ2v) is 8.95. The fraction of sp³-hybridized carbons (Fsp3) is 0.200. The molecule has 0 radical (unpaired) electrons. The lowest BCUT2D eigenvalue weighted by Gasteiger charge is -2.23. The van der Waals surface area contributed by atoms with Crippen LogP contribution in [0, 0.1) is 13.8 Å². The van der Waals surface area contributed by atoms with Gasteiger partial charge in [-0.05, 0) is 85.2 Å². The molecule has 31 heavy (non-hydrogen) atoms. The number of fused-ring (bicyclic) bond motifs is 3. The first-order valence-electron chi connectivity index (χ1n) is 11.2. The van der Waals surface area contributed by atoms with Gasteiger partial charge in [-0.1, -0.05) is 72.3 Å². The van der Waals surface area contributed by atoms with Crippen molar-refractivity contribution in [1.82, 2.24) is 4.98 Å². The summed E-state index contributed by atoms with van der Waals surface area (Å²) >= 11 is 0. The lowest BCUT2D eigenvalue weighted by molar-refractivity contribution is 0.824. The SMILES string of the molecule is CC(C)=C(c1ccccc1C)c1cc(C2CC=Cc3[nH]c4ccccc4c32)ccc1C. The molecule has 1 heteroatoms. The monoisotopic (exact) mass is 403 g/mol. The van der Waals surface area contributed by atoms with Gasteiger partial charge in [0, 0.05) is 22.5 Å². The van der Waals surface area contributed by atoms with Crippen LogP contribution in [0.25, 0.3) is 22.6 Å². The van der Waals surface area contributed by atoms with E-state index in [1.165, 1.54) is 61.1 Å². The fourth-order valence-corrected chi connectivity index (χ4v) is 5.10. The van der Waals surface area contributed by atoms with Crippen LogP contribution >= 0.6 is 0 Å². The fourth-order valence-electron chi connectivity index (χ4n) is 5.10. The molecule has 0 amide bonds. The third-order valence-electron chi connectivity index (χ3n) is 6.63. The molecule has 5 rings (SSSR count). The highest BCUT2D eigenvalue weighted by Gasteiger charge is 2.24. The number of para-hydroxylation sites is 1. The number of hydrogen-bond acceptors (Lipinski definition) is 0. The van der Waals surface area contributed by atoms with Gasteiger partial charge in [-0.2, -0.15) is 0 Å². The van der Waals surface area contributed by atoms with Gasteiger partial charge < -0.3 is 4.98 Å². The second-order valence-electron chi connectivity index (χ2n) is 8.95. The maximum absolute atomic E-state index is 3.62. The van der Waals surface area contributed by atoms with Gasteiger partial charge in [0.1, 0.15) is 0 Å². The number of rotatable bonds is 3. The Balaban J connectivity index is 1.68. The molecule has 3 aromatic carbocycles. The molecule has 1 nitrogen and oxygen atoms in total. The summed E-state index contributed by atoms with van der Waals surface area (Å²) in [5.41, 5.74) is 13.3. The third kappa shape index (κ3) is 3.35. The van der Waals surface area contributed by atoms with Crippen molar-refractivity contribution in [3.63, 3.8) is 0 Å². The highest BCUT2D eigenvalue weighted by Crippen LogP contribution is 2.41. The summed E-state index contributed by atoms with van der Waals surface area (Å²) in [4.78, 5) is 3.62. The number of aryl methyl sites for hydroxylation is 2. The Bertz CT molecular complexity index is 1340. The number of hydrogen-bond donors (Lipinski definition) is 1. The molecule has 1 heterocycles. The quantitative estimate of drug-likeness (QED) is 0.355. The van der Waals surface area contributed by atoms with Crippen molar-refractivity contribution in [3.05, 3.63) is 117 Å². The molecule has 0 saturated heterocycles. The lowest BCUT2D eigenvalue weighted by Crippen LogP contribution is -2.06. The maximum Gasteiger partial charge on any atom is 0.0461 e. The summed E-state index contributed by atoms with van der Waals surface area (Å²) < 4.78 is 0. The van der Waals surface area contributed by atoms with Crippen LogP contribution in [0.15, 0.2) is 78.4 Å². The molecule has 1 aromatic heterocycles. The van der Waals surface area contributed by atoms with Gasteiger partial charge in [0.2, 0.25) is 0 Å². The van der Waals surface area contributed by atoms with Crippen molar-refractivity contribution in [2.24, 2.45) is 0 Å². The smallest absolute Gasteiger partial charge is 0.0461 e. The molecule has 154 valence electrons. The number of benzene rings is 3. The molecule has 0 aliphatic heterocycles. The summed E-state index contributed by atoms with van der Waals surface area (Å²) in [5.74, 6) is 0.366. The molecule has 0 saturated carbocycles. The molecule has 0 spiro atoms. The number of aromatic nitrogens is 1. The largest absolute Gasteiger partial charge is 0.355 e. The molecule has 1 N–H and O–H groups in total. The van der Waals surface area contributed by atoms with Crippen molar-refractivity contribution in [3.8, 4) is 0 Å². The molecule has 1 aliphatic rings. The van der Waals surface area contributed by atoms with Crippen molar-refractivity contribution >= 4 is 22.6 Å². The van der Waals surface area contributed by atoms with Crippen molar-refractivity contribution in [2.75, 3.05) is 0 Å². The zero-order chi connectivity index (χ0) is 21.5. The third-order valence-corrected chi connectivity index (χ3v) is 6.63. The second kappa shape index (κ2) is 7.74. The molecule has 4 aromatic rings. The molecular formula is C30H29N. The van der Waals surface area contributed by atoms with E-state index in [-0.39, 0.29) is 0 Å². The zero-order valence-electron chi connectivity index (χ0n) is 18.8. The topological polar surface area (TPSA) is 15.8 Å². The summed E-state index contributed by atoms with van der Waals surface area (Å²) in [6.07, 6.45) is 5.59. The number of H-pyrrole nitrogens is 1. The van der Waals surface area contributed by atoms with Gasteiger partial charge in [-0.3, -0.25) is 0 Å². The van der Waals surface area contributed by atoms with E-state index in [1.54, 1.807) is 0 Å². The standard InChI is InChI=1S/C30H29N/c1-19(2)29(23-11-6-5-10-20(23)3)26-18-22(17-16-21(26)4)24-13-9-15-28-30(24)25-12-7-8-14-27(25)31-28/h5-12,14-18,24,31H,13H2,1-4H3. The zero-order valence-corrected chi connectivity index (χ0v) is 18.8. The van der Waals surface area contributed by atoms with E-state index in [9.17, 15) is 0 Å². The van der Waals surface area contributed by atoms with E-state index in [2.05, 4.69) is 112 Å². The van der Waals surface area contributed by atoms with Crippen molar-refractivity contribution < 1.29 is 0 Å². The van der Waals surface area contributed by atoms with Gasteiger partial charge >= 0.3 is 0 Å². The van der Waals surface area contributed by atoms with Gasteiger partial charge in [-0.15, -0.1) is 0 Å².